The zero-order valence-electron chi connectivity index (χ0n) is 12.4. The Bertz CT molecular complexity index is 594. The lowest BCUT2D eigenvalue weighted by molar-refractivity contribution is -0.121. The molecule has 2 rings (SSSR count). The van der Waals surface area contributed by atoms with Crippen LogP contribution in [0.3, 0.4) is 0 Å². The lowest BCUT2D eigenvalue weighted by Crippen LogP contribution is -2.18. The fourth-order valence-corrected chi connectivity index (χ4v) is 2.36. The summed E-state index contributed by atoms with van der Waals surface area (Å²) in [5.41, 5.74) is 3.54. The normalized spacial score (nSPS) is 10.6. The highest BCUT2D eigenvalue weighted by atomic mass is 32.1. The fourth-order valence-electron chi connectivity index (χ4n) is 1.78. The molecule has 0 spiro atoms. The number of nitrogens with zero attached hydrogens (tertiary/aromatic N) is 1. The van der Waals surface area contributed by atoms with Gasteiger partial charge in [0.1, 0.15) is 5.75 Å². The van der Waals surface area contributed by atoms with E-state index in [4.69, 9.17) is 4.74 Å². The van der Waals surface area contributed by atoms with Gasteiger partial charge in [-0.1, -0.05) is 6.07 Å². The average Bonchev–Trinajstić information content (AvgIpc) is 3.05. The molecule has 0 aliphatic carbocycles. The lowest BCUT2D eigenvalue weighted by atomic mass is 10.2. The van der Waals surface area contributed by atoms with Crippen LogP contribution in [0.5, 0.6) is 5.75 Å². The van der Waals surface area contributed by atoms with Crippen LogP contribution < -0.4 is 15.5 Å². The molecule has 0 saturated carbocycles. The number of hydrogen-bond acceptors (Lipinski definition) is 5. The summed E-state index contributed by atoms with van der Waals surface area (Å²) in [7, 11) is 1.64. The van der Waals surface area contributed by atoms with Gasteiger partial charge in [0.2, 0.25) is 5.91 Å². The molecule has 0 unspecified atom stereocenters. The number of carbonyl (C=O) groups excluding carboxylic acids is 1. The molecule has 1 aromatic heterocycles. The minimum absolute atomic E-state index is 0.0793. The van der Waals surface area contributed by atoms with Gasteiger partial charge >= 0.3 is 0 Å². The smallest absolute Gasteiger partial charge is 0.240 e. The molecule has 0 aliphatic rings. The monoisotopic (exact) mass is 317 g/mol. The number of anilines is 1. The molecule has 0 radical (unpaired) electrons. The fraction of sp³-hybridized carbons (Fsp3) is 0.250. The van der Waals surface area contributed by atoms with Crippen molar-refractivity contribution >= 4 is 29.1 Å². The van der Waals surface area contributed by atoms with Gasteiger partial charge in [-0.2, -0.15) is 5.10 Å². The van der Waals surface area contributed by atoms with Gasteiger partial charge in [-0.15, -0.1) is 11.3 Å². The van der Waals surface area contributed by atoms with Crippen molar-refractivity contribution in [3.8, 4) is 5.75 Å². The van der Waals surface area contributed by atoms with Crippen molar-refractivity contribution in [3.63, 3.8) is 0 Å². The van der Waals surface area contributed by atoms with Crippen molar-refractivity contribution in [2.24, 2.45) is 5.10 Å². The number of carbonyl (C=O) groups is 1. The zero-order chi connectivity index (χ0) is 15.6. The van der Waals surface area contributed by atoms with Crippen molar-refractivity contribution < 1.29 is 9.53 Å². The van der Waals surface area contributed by atoms with Gasteiger partial charge in [0.25, 0.3) is 0 Å². The molecule has 0 aliphatic heterocycles. The van der Waals surface area contributed by atoms with Crippen LogP contribution in [-0.2, 0) is 4.79 Å². The van der Waals surface area contributed by atoms with Crippen LogP contribution >= 0.6 is 11.3 Å². The maximum atomic E-state index is 11.6. The summed E-state index contributed by atoms with van der Waals surface area (Å²) < 4.78 is 5.10. The second-order valence-electron chi connectivity index (χ2n) is 4.57. The predicted octanol–water partition coefficient (Wildman–Crippen LogP) is 3.10. The Balaban J connectivity index is 1.60. The van der Waals surface area contributed by atoms with Crippen LogP contribution in [0.1, 0.15) is 17.7 Å². The lowest BCUT2D eigenvalue weighted by Gasteiger charge is -2.06. The first-order valence-corrected chi connectivity index (χ1v) is 7.89. The van der Waals surface area contributed by atoms with Crippen LogP contribution in [0.15, 0.2) is 46.9 Å². The third-order valence-electron chi connectivity index (χ3n) is 2.92. The average molecular weight is 317 g/mol. The highest BCUT2D eigenvalue weighted by Gasteiger charge is 1.99. The summed E-state index contributed by atoms with van der Waals surface area (Å²) in [4.78, 5) is 12.6. The summed E-state index contributed by atoms with van der Waals surface area (Å²) in [6.45, 7) is 0.731. The summed E-state index contributed by atoms with van der Waals surface area (Å²) in [6, 6.07) is 11.6. The van der Waals surface area contributed by atoms with Crippen molar-refractivity contribution in [2.75, 3.05) is 19.0 Å². The molecule has 22 heavy (non-hydrogen) atoms. The molecule has 6 heteroatoms. The molecule has 2 aromatic rings. The summed E-state index contributed by atoms with van der Waals surface area (Å²) >= 11 is 1.58. The molecular weight excluding hydrogens is 298 g/mol. The van der Waals surface area contributed by atoms with E-state index in [0.717, 1.165) is 29.3 Å². The van der Waals surface area contributed by atoms with Gasteiger partial charge in [0.15, 0.2) is 0 Å². The Kier molecular flexibility index (Phi) is 6.44. The zero-order valence-corrected chi connectivity index (χ0v) is 13.2. The van der Waals surface area contributed by atoms with E-state index in [-0.39, 0.29) is 5.91 Å². The van der Waals surface area contributed by atoms with Gasteiger partial charge in [-0.25, -0.2) is 5.43 Å². The minimum atomic E-state index is -0.0793. The molecule has 0 saturated heterocycles. The van der Waals surface area contributed by atoms with Crippen molar-refractivity contribution in [1.82, 2.24) is 5.43 Å². The van der Waals surface area contributed by atoms with Gasteiger partial charge < -0.3 is 10.1 Å². The SMILES string of the molecule is COc1ccc(NCCCC(=O)N/N=C\c2cccs2)cc1. The first-order chi connectivity index (χ1) is 10.8. The van der Waals surface area contributed by atoms with Gasteiger partial charge in [-0.05, 0) is 42.1 Å². The van der Waals surface area contributed by atoms with Crippen LogP contribution in [0.2, 0.25) is 0 Å². The first kappa shape index (κ1) is 16.0. The van der Waals surface area contributed by atoms with E-state index in [1.807, 2.05) is 41.8 Å². The number of hydrogen-bond donors (Lipinski definition) is 2. The number of rotatable bonds is 8. The largest absolute Gasteiger partial charge is 0.497 e. The van der Waals surface area contributed by atoms with E-state index in [0.29, 0.717) is 6.42 Å². The topological polar surface area (TPSA) is 62.7 Å². The van der Waals surface area contributed by atoms with E-state index >= 15 is 0 Å². The van der Waals surface area contributed by atoms with Crippen molar-refractivity contribution in [2.45, 2.75) is 12.8 Å². The molecule has 5 nitrogen and oxygen atoms in total. The highest BCUT2D eigenvalue weighted by molar-refractivity contribution is 7.11. The molecule has 116 valence electrons. The molecule has 1 heterocycles. The maximum Gasteiger partial charge on any atom is 0.240 e. The van der Waals surface area contributed by atoms with E-state index in [1.54, 1.807) is 24.7 Å². The summed E-state index contributed by atoms with van der Waals surface area (Å²) in [5, 5.41) is 9.15. The Morgan fingerprint density at radius 3 is 2.82 bits per heavy atom. The van der Waals surface area contributed by atoms with E-state index in [9.17, 15) is 4.79 Å². The van der Waals surface area contributed by atoms with Gasteiger partial charge in [0, 0.05) is 23.5 Å². The highest BCUT2D eigenvalue weighted by Crippen LogP contribution is 2.14. The van der Waals surface area contributed by atoms with Crippen molar-refractivity contribution in [3.05, 3.63) is 46.7 Å². The van der Waals surface area contributed by atoms with Crippen LogP contribution in [0, 0.1) is 0 Å². The number of methoxy groups -OCH3 is 1. The maximum absolute atomic E-state index is 11.6. The third kappa shape index (κ3) is 5.57. The van der Waals surface area contributed by atoms with E-state index in [2.05, 4.69) is 15.8 Å². The quantitative estimate of drug-likeness (QED) is 0.447. The molecular formula is C16H19N3O2S. The third-order valence-corrected chi connectivity index (χ3v) is 3.73. The predicted molar refractivity (Wildman–Crippen MR) is 90.8 cm³/mol. The molecule has 0 fully saturated rings. The number of benzene rings is 1. The Hall–Kier alpha value is -2.34. The molecule has 0 atom stereocenters. The van der Waals surface area contributed by atoms with Crippen LogP contribution in [0.4, 0.5) is 5.69 Å². The molecule has 1 amide bonds. The number of hydrazone groups is 1. The minimum Gasteiger partial charge on any atom is -0.497 e. The molecule has 2 N–H and O–H groups in total. The Labute approximate surface area is 134 Å². The standard InChI is InChI=1S/C16H19N3O2S/c1-21-14-8-6-13(7-9-14)17-10-2-5-16(20)19-18-12-15-4-3-11-22-15/h3-4,6-9,11-12,17H,2,5,10H2,1H3,(H,19,20)/b18-12-. The Morgan fingerprint density at radius 1 is 1.32 bits per heavy atom. The number of thiophene rings is 1. The second-order valence-corrected chi connectivity index (χ2v) is 5.55. The number of ether oxygens (including phenoxy) is 1. The van der Waals surface area contributed by atoms with Crippen LogP contribution in [0.25, 0.3) is 0 Å². The summed E-state index contributed by atoms with van der Waals surface area (Å²) in [5.74, 6) is 0.748. The molecule has 1 aromatic carbocycles. The number of amides is 1. The van der Waals surface area contributed by atoms with Gasteiger partial charge in [-0.3, -0.25) is 4.79 Å². The Morgan fingerprint density at radius 2 is 2.14 bits per heavy atom. The first-order valence-electron chi connectivity index (χ1n) is 7.01. The van der Waals surface area contributed by atoms with Gasteiger partial charge in [0.05, 0.1) is 13.3 Å². The van der Waals surface area contributed by atoms with Crippen LogP contribution in [-0.4, -0.2) is 25.8 Å². The number of nitrogens with one attached hydrogen (secondary N) is 2. The van der Waals surface area contributed by atoms with E-state index in [1.165, 1.54) is 0 Å². The molecule has 0 bridgehead atoms. The van der Waals surface area contributed by atoms with Crippen molar-refractivity contribution in [1.29, 1.82) is 0 Å². The van der Waals surface area contributed by atoms with E-state index < -0.39 is 0 Å². The second kappa shape index (κ2) is 8.84. The summed E-state index contributed by atoms with van der Waals surface area (Å²) in [6.07, 6.45) is 2.83.